The Morgan fingerprint density at radius 1 is 1.45 bits per heavy atom. The fourth-order valence-corrected chi connectivity index (χ4v) is 2.38. The van der Waals surface area contributed by atoms with E-state index in [0.717, 1.165) is 0 Å². The summed E-state index contributed by atoms with van der Waals surface area (Å²) in [6.45, 7) is 0. The summed E-state index contributed by atoms with van der Waals surface area (Å²) >= 11 is 4.40. The van der Waals surface area contributed by atoms with E-state index in [1.54, 1.807) is 29.6 Å². The molecule has 1 aromatic carbocycles. The lowest BCUT2D eigenvalue weighted by molar-refractivity contribution is -0.385. The number of nitrogens with one attached hydrogen (secondary N) is 1. The highest BCUT2D eigenvalue weighted by atomic mass is 79.9. The first-order chi connectivity index (χ1) is 9.58. The molecule has 2 rings (SSSR count). The summed E-state index contributed by atoms with van der Waals surface area (Å²) in [6.07, 6.45) is 1.35. The molecule has 0 unspecified atom stereocenters. The molecule has 0 fully saturated rings. The molecule has 1 aromatic heterocycles. The highest BCUT2D eigenvalue weighted by molar-refractivity contribution is 9.10. The van der Waals surface area contributed by atoms with Crippen molar-refractivity contribution >= 4 is 45.1 Å². The van der Waals surface area contributed by atoms with Crippen LogP contribution in [0, 0.1) is 10.1 Å². The first kappa shape index (κ1) is 14.4. The van der Waals surface area contributed by atoms with Crippen LogP contribution < -0.4 is 5.43 Å². The number of amides is 1. The predicted octanol–water partition coefficient (Wildman–Crippen LogP) is 3.18. The van der Waals surface area contributed by atoms with E-state index in [1.165, 1.54) is 23.6 Å². The average Bonchev–Trinajstić information content (AvgIpc) is 2.94. The number of carbonyl (C=O) groups is 1. The minimum absolute atomic E-state index is 0.0569. The summed E-state index contributed by atoms with van der Waals surface area (Å²) < 4.78 is 0.391. The number of rotatable bonds is 4. The SMILES string of the molecule is O=C(NN=Cc1ccc(Br)c([N+](=O)[O-])c1)c1cccs1. The first-order valence-electron chi connectivity index (χ1n) is 5.39. The molecule has 0 aliphatic rings. The lowest BCUT2D eigenvalue weighted by Gasteiger charge is -1.98. The van der Waals surface area contributed by atoms with Gasteiger partial charge in [0.05, 0.1) is 20.5 Å². The molecule has 1 heterocycles. The second kappa shape index (κ2) is 6.40. The number of thiophene rings is 1. The molecule has 1 N–H and O–H groups in total. The predicted molar refractivity (Wildman–Crippen MR) is 80.2 cm³/mol. The first-order valence-corrected chi connectivity index (χ1v) is 7.06. The van der Waals surface area contributed by atoms with Crippen LogP contribution in [0.3, 0.4) is 0 Å². The molecule has 0 radical (unpaired) electrons. The van der Waals surface area contributed by atoms with Crippen LogP contribution in [-0.2, 0) is 0 Å². The van der Waals surface area contributed by atoms with Gasteiger partial charge >= 0.3 is 0 Å². The molecule has 102 valence electrons. The highest BCUT2D eigenvalue weighted by Crippen LogP contribution is 2.24. The third-order valence-corrected chi connectivity index (χ3v) is 3.83. The topological polar surface area (TPSA) is 84.6 Å². The molecule has 0 saturated carbocycles. The van der Waals surface area contributed by atoms with E-state index in [4.69, 9.17) is 0 Å². The number of hydrogen-bond acceptors (Lipinski definition) is 5. The Balaban J connectivity index is 2.07. The zero-order valence-corrected chi connectivity index (χ0v) is 12.3. The lowest BCUT2D eigenvalue weighted by atomic mass is 10.2. The molecule has 0 aliphatic carbocycles. The van der Waals surface area contributed by atoms with Gasteiger partial charge in [-0.05, 0) is 33.4 Å². The molecular formula is C12H8BrN3O3S. The number of hydrogen-bond donors (Lipinski definition) is 1. The van der Waals surface area contributed by atoms with E-state index >= 15 is 0 Å². The van der Waals surface area contributed by atoms with Crippen molar-refractivity contribution in [3.63, 3.8) is 0 Å². The fourth-order valence-electron chi connectivity index (χ4n) is 1.38. The van der Waals surface area contributed by atoms with Crippen molar-refractivity contribution in [2.24, 2.45) is 5.10 Å². The van der Waals surface area contributed by atoms with Crippen molar-refractivity contribution in [3.05, 3.63) is 60.7 Å². The minimum atomic E-state index is -0.494. The molecule has 0 atom stereocenters. The Morgan fingerprint density at radius 3 is 2.90 bits per heavy atom. The van der Waals surface area contributed by atoms with Gasteiger partial charge in [0.1, 0.15) is 0 Å². The molecule has 2 aromatic rings. The number of halogens is 1. The van der Waals surface area contributed by atoms with Crippen LogP contribution in [0.25, 0.3) is 0 Å². The molecule has 0 aliphatic heterocycles. The Bertz CT molecular complexity index is 671. The Morgan fingerprint density at radius 2 is 2.25 bits per heavy atom. The summed E-state index contributed by atoms with van der Waals surface area (Å²) in [6, 6.07) is 8.02. The monoisotopic (exact) mass is 353 g/mol. The van der Waals surface area contributed by atoms with Gasteiger partial charge in [-0.3, -0.25) is 14.9 Å². The van der Waals surface area contributed by atoms with Gasteiger partial charge in [0.15, 0.2) is 0 Å². The zero-order valence-electron chi connectivity index (χ0n) is 9.95. The van der Waals surface area contributed by atoms with Crippen molar-refractivity contribution in [1.29, 1.82) is 0 Å². The van der Waals surface area contributed by atoms with Gasteiger partial charge < -0.3 is 0 Å². The van der Waals surface area contributed by atoms with Gasteiger partial charge in [-0.25, -0.2) is 5.43 Å². The molecule has 0 saturated heterocycles. The van der Waals surface area contributed by atoms with Crippen LogP contribution in [0.2, 0.25) is 0 Å². The van der Waals surface area contributed by atoms with Crippen LogP contribution >= 0.6 is 27.3 Å². The Hall–Kier alpha value is -2.06. The van der Waals surface area contributed by atoms with Crippen LogP contribution in [0.4, 0.5) is 5.69 Å². The van der Waals surface area contributed by atoms with Crippen molar-refractivity contribution in [2.45, 2.75) is 0 Å². The summed E-state index contributed by atoms with van der Waals surface area (Å²) in [5.74, 6) is -0.317. The maximum absolute atomic E-state index is 11.6. The fraction of sp³-hybridized carbons (Fsp3) is 0. The Kier molecular flexibility index (Phi) is 4.59. The molecule has 20 heavy (non-hydrogen) atoms. The third kappa shape index (κ3) is 3.49. The smallest absolute Gasteiger partial charge is 0.266 e. The number of hydrazone groups is 1. The molecule has 8 heteroatoms. The van der Waals surface area contributed by atoms with Crippen LogP contribution in [0.15, 0.2) is 45.3 Å². The minimum Gasteiger partial charge on any atom is -0.266 e. The molecule has 1 amide bonds. The molecule has 0 bridgehead atoms. The standard InChI is InChI=1S/C12H8BrN3O3S/c13-9-4-3-8(6-10(9)16(18)19)7-14-15-12(17)11-2-1-5-20-11/h1-7H,(H,15,17). The highest BCUT2D eigenvalue weighted by Gasteiger charge is 2.11. The summed E-state index contributed by atoms with van der Waals surface area (Å²) in [5.41, 5.74) is 2.82. The van der Waals surface area contributed by atoms with E-state index in [1.807, 2.05) is 0 Å². The maximum atomic E-state index is 11.6. The largest absolute Gasteiger partial charge is 0.284 e. The molecular weight excluding hydrogens is 346 g/mol. The van der Waals surface area contributed by atoms with Gasteiger partial charge in [-0.1, -0.05) is 12.1 Å². The second-order valence-corrected chi connectivity index (χ2v) is 5.45. The van der Waals surface area contributed by atoms with E-state index < -0.39 is 4.92 Å². The number of nitro benzene ring substituents is 1. The van der Waals surface area contributed by atoms with Gasteiger partial charge in [0.2, 0.25) is 0 Å². The van der Waals surface area contributed by atoms with Crippen molar-refractivity contribution < 1.29 is 9.72 Å². The van der Waals surface area contributed by atoms with E-state index in [2.05, 4.69) is 26.5 Å². The summed E-state index contributed by atoms with van der Waals surface area (Å²) in [7, 11) is 0. The molecule has 6 nitrogen and oxygen atoms in total. The summed E-state index contributed by atoms with van der Waals surface area (Å²) in [5, 5.41) is 16.3. The van der Waals surface area contributed by atoms with E-state index in [0.29, 0.717) is 14.9 Å². The zero-order chi connectivity index (χ0) is 14.5. The van der Waals surface area contributed by atoms with Gasteiger partial charge in [0, 0.05) is 11.6 Å². The second-order valence-electron chi connectivity index (χ2n) is 3.64. The molecule has 0 spiro atoms. The number of nitrogens with zero attached hydrogens (tertiary/aromatic N) is 2. The van der Waals surface area contributed by atoms with Crippen LogP contribution in [0.5, 0.6) is 0 Å². The quantitative estimate of drug-likeness (QED) is 0.520. The van der Waals surface area contributed by atoms with Crippen LogP contribution in [-0.4, -0.2) is 17.0 Å². The van der Waals surface area contributed by atoms with Crippen molar-refractivity contribution in [1.82, 2.24) is 5.43 Å². The normalized spacial score (nSPS) is 10.7. The Labute approximate surface area is 126 Å². The average molecular weight is 354 g/mol. The number of benzene rings is 1. The van der Waals surface area contributed by atoms with Crippen molar-refractivity contribution in [3.8, 4) is 0 Å². The van der Waals surface area contributed by atoms with Gasteiger partial charge in [-0.15, -0.1) is 11.3 Å². The maximum Gasteiger partial charge on any atom is 0.284 e. The van der Waals surface area contributed by atoms with Crippen molar-refractivity contribution in [2.75, 3.05) is 0 Å². The lowest BCUT2D eigenvalue weighted by Crippen LogP contribution is -2.16. The van der Waals surface area contributed by atoms with E-state index in [9.17, 15) is 14.9 Å². The number of nitro groups is 1. The van der Waals surface area contributed by atoms with Gasteiger partial charge in [-0.2, -0.15) is 5.10 Å². The third-order valence-electron chi connectivity index (χ3n) is 2.29. The van der Waals surface area contributed by atoms with E-state index in [-0.39, 0.29) is 11.6 Å². The van der Waals surface area contributed by atoms with Gasteiger partial charge in [0.25, 0.3) is 11.6 Å². The van der Waals surface area contributed by atoms with Crippen LogP contribution in [0.1, 0.15) is 15.2 Å². The summed E-state index contributed by atoms with van der Waals surface area (Å²) in [4.78, 5) is 22.4. The number of carbonyl (C=O) groups excluding carboxylic acids is 1.